The summed E-state index contributed by atoms with van der Waals surface area (Å²) < 4.78 is 13.1. The smallest absolute Gasteiger partial charge is 0.138 e. The fourth-order valence-corrected chi connectivity index (χ4v) is 1.92. The Balaban J connectivity index is 2.07. The maximum absolute atomic E-state index is 13.1. The maximum Gasteiger partial charge on any atom is 0.138 e. The van der Waals surface area contributed by atoms with Crippen LogP contribution in [0.1, 0.15) is 5.56 Å². The van der Waals surface area contributed by atoms with Crippen LogP contribution in [0.2, 0.25) is 0 Å². The lowest BCUT2D eigenvalue weighted by Gasteiger charge is -1.98. The molecule has 4 heteroatoms. The zero-order valence-corrected chi connectivity index (χ0v) is 9.65. The third-order valence-electron chi connectivity index (χ3n) is 2.91. The van der Waals surface area contributed by atoms with Gasteiger partial charge in [-0.05, 0) is 23.8 Å². The fourth-order valence-electron chi connectivity index (χ4n) is 1.92. The first kappa shape index (κ1) is 10.9. The first-order chi connectivity index (χ1) is 8.76. The molecule has 0 atom stereocenters. The van der Waals surface area contributed by atoms with Crippen LogP contribution in [0.25, 0.3) is 22.4 Å². The molecule has 0 saturated heterocycles. The Hall–Kier alpha value is -2.20. The molecule has 3 N–H and O–H groups in total. The lowest BCUT2D eigenvalue weighted by atomic mass is 10.1. The Kier molecular flexibility index (Phi) is 2.57. The van der Waals surface area contributed by atoms with Crippen molar-refractivity contribution in [3.8, 4) is 11.4 Å². The number of imidazole rings is 1. The molecule has 1 heterocycles. The van der Waals surface area contributed by atoms with E-state index >= 15 is 0 Å². The number of hydrogen-bond donors (Lipinski definition) is 2. The van der Waals surface area contributed by atoms with Crippen molar-refractivity contribution in [3.63, 3.8) is 0 Å². The number of fused-ring (bicyclic) bond motifs is 1. The number of aromatic nitrogens is 2. The second-order valence-electron chi connectivity index (χ2n) is 4.15. The summed E-state index contributed by atoms with van der Waals surface area (Å²) in [5.41, 5.74) is 9.04. The van der Waals surface area contributed by atoms with E-state index in [-0.39, 0.29) is 5.82 Å². The second kappa shape index (κ2) is 4.23. The van der Waals surface area contributed by atoms with Gasteiger partial charge in [0, 0.05) is 12.1 Å². The number of hydrogen-bond acceptors (Lipinski definition) is 2. The van der Waals surface area contributed by atoms with Crippen LogP contribution in [0, 0.1) is 5.82 Å². The molecule has 0 aliphatic heterocycles. The first-order valence-electron chi connectivity index (χ1n) is 5.71. The summed E-state index contributed by atoms with van der Waals surface area (Å²) in [4.78, 5) is 7.53. The molecule has 3 aromatic rings. The lowest BCUT2D eigenvalue weighted by molar-refractivity contribution is 0.629. The molecule has 2 aromatic carbocycles. The zero-order valence-electron chi connectivity index (χ0n) is 9.65. The van der Waals surface area contributed by atoms with E-state index in [1.165, 1.54) is 12.1 Å². The van der Waals surface area contributed by atoms with Crippen molar-refractivity contribution in [1.82, 2.24) is 9.97 Å². The highest BCUT2D eigenvalue weighted by Gasteiger charge is 2.05. The number of nitrogens with one attached hydrogen (secondary N) is 1. The largest absolute Gasteiger partial charge is 0.338 e. The Bertz CT molecular complexity index is 686. The van der Waals surface area contributed by atoms with Gasteiger partial charge in [0.15, 0.2) is 0 Å². The van der Waals surface area contributed by atoms with Crippen molar-refractivity contribution in [2.45, 2.75) is 6.54 Å². The highest BCUT2D eigenvalue weighted by molar-refractivity contribution is 5.79. The Morgan fingerprint density at radius 1 is 1.11 bits per heavy atom. The molecule has 0 aliphatic carbocycles. The van der Waals surface area contributed by atoms with Crippen LogP contribution in [0.15, 0.2) is 42.5 Å². The molecular formula is C14H12FN3. The van der Waals surface area contributed by atoms with Crippen LogP contribution in [0.5, 0.6) is 0 Å². The highest BCUT2D eigenvalue weighted by atomic mass is 19.1. The number of aromatic amines is 1. The minimum Gasteiger partial charge on any atom is -0.338 e. The lowest BCUT2D eigenvalue weighted by Crippen LogP contribution is -1.95. The first-order valence-corrected chi connectivity index (χ1v) is 5.71. The molecule has 1 aromatic heterocycles. The van der Waals surface area contributed by atoms with E-state index in [0.29, 0.717) is 12.1 Å². The van der Waals surface area contributed by atoms with E-state index in [0.717, 1.165) is 22.5 Å². The second-order valence-corrected chi connectivity index (χ2v) is 4.15. The van der Waals surface area contributed by atoms with Crippen molar-refractivity contribution >= 4 is 11.0 Å². The van der Waals surface area contributed by atoms with Gasteiger partial charge in [0.05, 0.1) is 11.0 Å². The van der Waals surface area contributed by atoms with Gasteiger partial charge in [-0.2, -0.15) is 0 Å². The Morgan fingerprint density at radius 3 is 2.61 bits per heavy atom. The summed E-state index contributed by atoms with van der Waals surface area (Å²) in [5.74, 6) is 0.468. The molecule has 0 unspecified atom stereocenters. The fraction of sp³-hybridized carbons (Fsp3) is 0.0714. The molecule has 0 amide bonds. The third-order valence-corrected chi connectivity index (χ3v) is 2.91. The number of H-pyrrole nitrogens is 1. The molecule has 0 aliphatic rings. The SMILES string of the molecule is NCc1ccc(-c2nc3ccc(F)cc3[nH]2)cc1. The van der Waals surface area contributed by atoms with Gasteiger partial charge in [-0.3, -0.25) is 0 Å². The van der Waals surface area contributed by atoms with Crippen LogP contribution >= 0.6 is 0 Å². The van der Waals surface area contributed by atoms with Gasteiger partial charge in [-0.15, -0.1) is 0 Å². The van der Waals surface area contributed by atoms with Crippen molar-refractivity contribution in [3.05, 3.63) is 53.8 Å². The monoisotopic (exact) mass is 241 g/mol. The number of halogens is 1. The molecule has 0 radical (unpaired) electrons. The quantitative estimate of drug-likeness (QED) is 0.724. The number of nitrogens with two attached hydrogens (primary N) is 1. The molecule has 0 saturated carbocycles. The van der Waals surface area contributed by atoms with E-state index in [1.54, 1.807) is 6.07 Å². The summed E-state index contributed by atoms with van der Waals surface area (Å²) in [6.45, 7) is 0.519. The Labute approximate surface area is 103 Å². The van der Waals surface area contributed by atoms with Gasteiger partial charge in [0.1, 0.15) is 11.6 Å². The standard InChI is InChI=1S/C14H12FN3/c15-11-5-6-12-13(7-11)18-14(17-12)10-3-1-9(8-16)2-4-10/h1-7H,8,16H2,(H,17,18). The normalized spacial score (nSPS) is 11.0. The van der Waals surface area contributed by atoms with Crippen molar-refractivity contribution < 1.29 is 4.39 Å². The van der Waals surface area contributed by atoms with E-state index in [9.17, 15) is 4.39 Å². The van der Waals surface area contributed by atoms with Crippen LogP contribution < -0.4 is 5.73 Å². The molecule has 90 valence electrons. The van der Waals surface area contributed by atoms with Crippen molar-refractivity contribution in [2.75, 3.05) is 0 Å². The van der Waals surface area contributed by atoms with E-state index in [1.807, 2.05) is 24.3 Å². The summed E-state index contributed by atoms with van der Waals surface area (Å²) in [7, 11) is 0. The number of benzene rings is 2. The van der Waals surface area contributed by atoms with Crippen molar-refractivity contribution in [1.29, 1.82) is 0 Å². The molecule has 3 nitrogen and oxygen atoms in total. The minimum atomic E-state index is -0.267. The molecular weight excluding hydrogens is 229 g/mol. The average molecular weight is 241 g/mol. The maximum atomic E-state index is 13.1. The van der Waals surface area contributed by atoms with E-state index in [4.69, 9.17) is 5.73 Å². The van der Waals surface area contributed by atoms with Gasteiger partial charge in [0.2, 0.25) is 0 Å². The third kappa shape index (κ3) is 1.87. The number of nitrogens with zero attached hydrogens (tertiary/aromatic N) is 1. The van der Waals surface area contributed by atoms with Gasteiger partial charge < -0.3 is 10.7 Å². The highest BCUT2D eigenvalue weighted by Crippen LogP contribution is 2.21. The predicted molar refractivity (Wildman–Crippen MR) is 69.4 cm³/mol. The molecule has 18 heavy (non-hydrogen) atoms. The van der Waals surface area contributed by atoms with Crippen LogP contribution in [-0.2, 0) is 6.54 Å². The Morgan fingerprint density at radius 2 is 1.89 bits per heavy atom. The van der Waals surface area contributed by atoms with Crippen LogP contribution in [-0.4, -0.2) is 9.97 Å². The summed E-state index contributed by atoms with van der Waals surface area (Å²) in [6.07, 6.45) is 0. The number of rotatable bonds is 2. The molecule has 0 spiro atoms. The summed E-state index contributed by atoms with van der Waals surface area (Å²) in [6, 6.07) is 12.3. The molecule has 0 fully saturated rings. The summed E-state index contributed by atoms with van der Waals surface area (Å²) >= 11 is 0. The van der Waals surface area contributed by atoms with Gasteiger partial charge in [-0.25, -0.2) is 9.37 Å². The van der Waals surface area contributed by atoms with Crippen LogP contribution in [0.4, 0.5) is 4.39 Å². The van der Waals surface area contributed by atoms with Gasteiger partial charge >= 0.3 is 0 Å². The van der Waals surface area contributed by atoms with Crippen molar-refractivity contribution in [2.24, 2.45) is 5.73 Å². The molecule has 3 rings (SSSR count). The topological polar surface area (TPSA) is 54.7 Å². The average Bonchev–Trinajstić information content (AvgIpc) is 2.81. The van der Waals surface area contributed by atoms with Gasteiger partial charge in [0.25, 0.3) is 0 Å². The zero-order chi connectivity index (χ0) is 12.5. The predicted octanol–water partition coefficient (Wildman–Crippen LogP) is 2.83. The minimum absolute atomic E-state index is 0.267. The van der Waals surface area contributed by atoms with E-state index < -0.39 is 0 Å². The molecule has 0 bridgehead atoms. The summed E-state index contributed by atoms with van der Waals surface area (Å²) in [5, 5.41) is 0. The van der Waals surface area contributed by atoms with Gasteiger partial charge in [-0.1, -0.05) is 24.3 Å². The van der Waals surface area contributed by atoms with E-state index in [2.05, 4.69) is 9.97 Å². The van der Waals surface area contributed by atoms with Crippen LogP contribution in [0.3, 0.4) is 0 Å².